The minimum Gasteiger partial charge on any atom is -0.449 e. The van der Waals surface area contributed by atoms with E-state index in [0.717, 1.165) is 0 Å². The fourth-order valence-electron chi connectivity index (χ4n) is 0.833. The third-order valence-corrected chi connectivity index (χ3v) is 1.56. The highest BCUT2D eigenvalue weighted by Crippen LogP contribution is 2.24. The molecule has 0 aliphatic heterocycles. The van der Waals surface area contributed by atoms with Gasteiger partial charge in [-0.25, -0.2) is 9.59 Å². The second-order valence-corrected chi connectivity index (χ2v) is 3.81. The first-order chi connectivity index (χ1) is 12.0. The van der Waals surface area contributed by atoms with E-state index in [-0.39, 0.29) is 0 Å². The standard InChI is InChI=1S/C12H24N2O4/c1-5-6-12(4,7-17-10(13)15)8-18-11(16)14-9(2)3/h9H,5-8H2,1-4H3,(H2,13,15)(H,14,16)/i1D3,5D2,6D2,8D2,9D. The van der Waals surface area contributed by atoms with E-state index < -0.39 is 56.4 Å². The molecule has 0 fully saturated rings. The van der Waals surface area contributed by atoms with Crippen LogP contribution < -0.4 is 11.1 Å². The molecule has 0 spiro atoms. The van der Waals surface area contributed by atoms with Crippen molar-refractivity contribution in [2.45, 2.75) is 46.4 Å². The predicted octanol–water partition coefficient (Wildman–Crippen LogP) is 2.02. The Bertz CT molecular complexity index is 602. The molecular formula is C12H24N2O4. The Hall–Kier alpha value is -1.46. The molecule has 6 nitrogen and oxygen atoms in total. The second kappa shape index (κ2) is 7.79. The molecular weight excluding hydrogens is 236 g/mol. The Balaban J connectivity index is 6.28. The minimum absolute atomic E-state index is 0.707. The minimum atomic E-state index is -3.66. The molecule has 0 saturated carbocycles. The number of primary amides is 1. The van der Waals surface area contributed by atoms with Crippen LogP contribution in [0.25, 0.3) is 0 Å². The molecule has 0 aromatic carbocycles. The molecule has 3 N–H and O–H groups in total. The zero-order valence-electron chi connectivity index (χ0n) is 20.4. The SMILES string of the molecule is [2H]C(C)(C)NC(=O)OC([2H])([2H])C(C)(COC(N)=O)C([2H])([2H])C([2H])([2H])C([2H])([2H])[2H]. The average Bonchev–Trinajstić information content (AvgIpc) is 2.39. The lowest BCUT2D eigenvalue weighted by atomic mass is 9.87. The summed E-state index contributed by atoms with van der Waals surface area (Å²) >= 11 is 0. The maximum atomic E-state index is 11.9. The number of nitrogens with two attached hydrogens (primary N) is 1. The number of amides is 2. The number of nitrogens with one attached hydrogen (secondary N) is 1. The quantitative estimate of drug-likeness (QED) is 0.740. The monoisotopic (exact) mass is 270 g/mol. The van der Waals surface area contributed by atoms with E-state index in [2.05, 4.69) is 9.47 Å². The Morgan fingerprint density at radius 2 is 2.22 bits per heavy atom. The van der Waals surface area contributed by atoms with Crippen LogP contribution in [0.2, 0.25) is 0 Å². The summed E-state index contributed by atoms with van der Waals surface area (Å²) in [5.41, 5.74) is 1.95. The summed E-state index contributed by atoms with van der Waals surface area (Å²) in [6.45, 7) is -5.04. The van der Waals surface area contributed by atoms with Crippen LogP contribution in [0.1, 0.15) is 54.1 Å². The highest BCUT2D eigenvalue weighted by Gasteiger charge is 2.27. The molecule has 1 unspecified atom stereocenters. The first kappa shape index (κ1) is 6.12. The van der Waals surface area contributed by atoms with Crippen molar-refractivity contribution in [3.63, 3.8) is 0 Å². The number of carbonyl (C=O) groups excluding carboxylic acids is 2. The maximum absolute atomic E-state index is 11.9. The number of hydrogen-bond acceptors (Lipinski definition) is 4. The molecule has 0 aliphatic rings. The van der Waals surface area contributed by atoms with Crippen molar-refractivity contribution in [3.05, 3.63) is 0 Å². The molecule has 0 aliphatic carbocycles. The predicted molar refractivity (Wildman–Crippen MR) is 68.2 cm³/mol. The molecule has 0 rings (SSSR count). The zero-order valence-corrected chi connectivity index (χ0v) is 10.4. The van der Waals surface area contributed by atoms with Gasteiger partial charge in [0.05, 0.1) is 4.11 Å². The Kier molecular flexibility index (Phi) is 2.65. The molecule has 6 heteroatoms. The largest absolute Gasteiger partial charge is 0.449 e. The Morgan fingerprint density at radius 1 is 1.56 bits per heavy atom. The number of alkyl carbamates (subject to hydrolysis) is 1. The Morgan fingerprint density at radius 3 is 2.72 bits per heavy atom. The normalized spacial score (nSPS) is 25.7. The zero-order chi connectivity index (χ0) is 23.0. The molecule has 0 heterocycles. The molecule has 18 heavy (non-hydrogen) atoms. The van der Waals surface area contributed by atoms with Gasteiger partial charge in [0.15, 0.2) is 0 Å². The van der Waals surface area contributed by atoms with Gasteiger partial charge < -0.3 is 20.5 Å². The summed E-state index contributed by atoms with van der Waals surface area (Å²) in [7, 11) is 0. The second-order valence-electron chi connectivity index (χ2n) is 3.81. The van der Waals surface area contributed by atoms with Crippen molar-refractivity contribution in [1.29, 1.82) is 0 Å². The third kappa shape index (κ3) is 7.76. The summed E-state index contributed by atoms with van der Waals surface area (Å²) in [4.78, 5) is 22.8. The van der Waals surface area contributed by atoms with Crippen LogP contribution in [0.15, 0.2) is 0 Å². The average molecular weight is 270 g/mol. The molecule has 0 aromatic rings. The summed E-state index contributed by atoms with van der Waals surface area (Å²) in [5, 5.41) is 1.94. The van der Waals surface area contributed by atoms with Crippen LogP contribution in [0.3, 0.4) is 0 Å². The molecule has 1 atom stereocenters. The van der Waals surface area contributed by atoms with Gasteiger partial charge in [0.2, 0.25) is 0 Å². The summed E-state index contributed by atoms with van der Waals surface area (Å²) in [6, 6.07) is -1.60. The van der Waals surface area contributed by atoms with Gasteiger partial charge in [-0.3, -0.25) is 0 Å². The van der Waals surface area contributed by atoms with E-state index in [0.29, 0.717) is 6.92 Å². The van der Waals surface area contributed by atoms with Crippen molar-refractivity contribution in [2.75, 3.05) is 13.2 Å². The van der Waals surface area contributed by atoms with Crippen LogP contribution in [0, 0.1) is 5.41 Å². The van der Waals surface area contributed by atoms with E-state index in [1.165, 1.54) is 13.8 Å². The number of ether oxygens (including phenoxy) is 2. The van der Waals surface area contributed by atoms with E-state index in [4.69, 9.17) is 19.4 Å². The fourth-order valence-corrected chi connectivity index (χ4v) is 0.833. The molecule has 0 bridgehead atoms. The van der Waals surface area contributed by atoms with Crippen molar-refractivity contribution in [1.82, 2.24) is 5.32 Å². The molecule has 0 radical (unpaired) electrons. The number of carbonyl (C=O) groups is 2. The van der Waals surface area contributed by atoms with Crippen LogP contribution in [-0.2, 0) is 9.47 Å². The van der Waals surface area contributed by atoms with Crippen LogP contribution >= 0.6 is 0 Å². The number of hydrogen-bond donors (Lipinski definition) is 2. The van der Waals surface area contributed by atoms with Crippen LogP contribution in [0.4, 0.5) is 9.59 Å². The summed E-state index contributed by atoms with van der Waals surface area (Å²) in [5.74, 6) is 0. The highest BCUT2D eigenvalue weighted by molar-refractivity contribution is 5.67. The number of rotatable bonds is 7. The first-order valence-corrected chi connectivity index (χ1v) is 4.95. The van der Waals surface area contributed by atoms with Gasteiger partial charge in [0, 0.05) is 21.0 Å². The molecule has 0 saturated heterocycles. The molecule has 0 aromatic heterocycles. The van der Waals surface area contributed by atoms with Crippen molar-refractivity contribution in [3.8, 4) is 0 Å². The van der Waals surface area contributed by atoms with E-state index >= 15 is 0 Å². The third-order valence-electron chi connectivity index (χ3n) is 1.56. The summed E-state index contributed by atoms with van der Waals surface area (Å²) < 4.78 is 85.9. The first-order valence-electron chi connectivity index (χ1n) is 9.95. The maximum Gasteiger partial charge on any atom is 0.407 e. The van der Waals surface area contributed by atoms with Crippen molar-refractivity contribution < 1.29 is 32.8 Å². The van der Waals surface area contributed by atoms with Gasteiger partial charge in [-0.05, 0) is 20.2 Å². The molecule has 2 amide bonds. The smallest absolute Gasteiger partial charge is 0.407 e. The van der Waals surface area contributed by atoms with Crippen molar-refractivity contribution >= 4 is 12.2 Å². The fraction of sp³-hybridized carbons (Fsp3) is 0.833. The lowest BCUT2D eigenvalue weighted by Gasteiger charge is -2.27. The van der Waals surface area contributed by atoms with Crippen LogP contribution in [0.5, 0.6) is 0 Å². The highest BCUT2D eigenvalue weighted by atomic mass is 16.6. The van der Waals surface area contributed by atoms with Gasteiger partial charge in [-0.1, -0.05) is 20.1 Å². The van der Waals surface area contributed by atoms with Crippen molar-refractivity contribution in [2.24, 2.45) is 11.1 Å². The van der Waals surface area contributed by atoms with Crippen LogP contribution in [-0.4, -0.2) is 31.4 Å². The van der Waals surface area contributed by atoms with Gasteiger partial charge in [-0.15, -0.1) is 0 Å². The topological polar surface area (TPSA) is 90.7 Å². The van der Waals surface area contributed by atoms with E-state index in [1.54, 1.807) is 0 Å². The van der Waals surface area contributed by atoms with Gasteiger partial charge >= 0.3 is 12.2 Å². The summed E-state index contributed by atoms with van der Waals surface area (Å²) in [6.07, 6.45) is -10.2. The molecule has 106 valence electrons. The van der Waals surface area contributed by atoms with Gasteiger partial charge in [0.25, 0.3) is 0 Å². The van der Waals surface area contributed by atoms with E-state index in [9.17, 15) is 9.59 Å². The van der Waals surface area contributed by atoms with E-state index in [1.807, 2.05) is 5.32 Å². The lowest BCUT2D eigenvalue weighted by molar-refractivity contribution is 0.0333. The Labute approximate surface area is 122 Å². The van der Waals surface area contributed by atoms with Gasteiger partial charge in [0.1, 0.15) is 13.2 Å². The van der Waals surface area contributed by atoms with Gasteiger partial charge in [-0.2, -0.15) is 0 Å². The lowest BCUT2D eigenvalue weighted by Crippen LogP contribution is -2.37.